The molecule has 0 atom stereocenters. The number of unbranched alkanes of at least 4 members (excludes halogenated alkanes) is 6. The molecule has 0 aliphatic carbocycles. The van der Waals surface area contributed by atoms with Crippen molar-refractivity contribution in [1.82, 2.24) is 0 Å². The monoisotopic (exact) mass is 568 g/mol. The average Bonchev–Trinajstić information content (AvgIpc) is 2.71. The van der Waals surface area contributed by atoms with Crippen LogP contribution in [0.5, 0.6) is 0 Å². The summed E-state index contributed by atoms with van der Waals surface area (Å²) in [7, 11) is 0. The summed E-state index contributed by atoms with van der Waals surface area (Å²) in [6.45, 7) is 2.28. The maximum Gasteiger partial charge on any atom is 0.385 e. The second kappa shape index (κ2) is 11.2. The predicted octanol–water partition coefficient (Wildman–Crippen LogP) is 9.79. The van der Waals surface area contributed by atoms with E-state index in [1.807, 2.05) is 6.92 Å². The van der Waals surface area contributed by atoms with Gasteiger partial charge in [-0.05, 0) is 19.4 Å². The van der Waals surface area contributed by atoms with Gasteiger partial charge in [-0.15, -0.1) is 0 Å². The van der Waals surface area contributed by atoms with Gasteiger partial charge in [0, 0.05) is 6.42 Å². The molecule has 216 valence electrons. The Balaban J connectivity index is 6.13. The van der Waals surface area contributed by atoms with Crippen LogP contribution >= 0.6 is 0 Å². The minimum absolute atomic E-state index is 0.118. The smallest absolute Gasteiger partial charge is 0.200 e. The number of hydrogen-bond acceptors (Lipinski definition) is 0. The number of allylic oxidation sites excluding steroid dienone is 2. The number of alkyl halides is 16. The molecule has 0 aromatic carbocycles. The number of halogens is 16. The van der Waals surface area contributed by atoms with E-state index in [4.69, 9.17) is 0 Å². The standard InChI is InChI=1S/C20H24F16/c1-3-5-6-7-8-9-10-12-14(23,24)16(27,28)18(31,32)20(35,36)19(33,34)17(29,30)15(25,26)13(21,22)11-4-2/h4,11H,3,5-10,12H2,1-2H3. The molecule has 0 spiro atoms. The zero-order valence-corrected chi connectivity index (χ0v) is 18.9. The highest BCUT2D eigenvalue weighted by Gasteiger charge is 2.94. The van der Waals surface area contributed by atoms with E-state index in [1.165, 1.54) is 0 Å². The molecule has 0 radical (unpaired) electrons. The summed E-state index contributed by atoms with van der Waals surface area (Å²) in [6.07, 6.45) is -2.29. The summed E-state index contributed by atoms with van der Waals surface area (Å²) >= 11 is 0. The average molecular weight is 568 g/mol. The molecule has 0 aromatic rings. The fraction of sp³-hybridized carbons (Fsp3) is 0.900. The molecule has 0 aliphatic rings. The SMILES string of the molecule is CC=CC(F)(F)C(F)(F)C(F)(F)C(F)(F)C(F)(F)C(F)(F)C(F)(F)C(F)(F)CCCCCCCCC. The molecular weight excluding hydrogens is 544 g/mol. The molecule has 0 heterocycles. The third kappa shape index (κ3) is 5.70. The predicted molar refractivity (Wildman–Crippen MR) is 97.0 cm³/mol. The maximum absolute atomic E-state index is 13.8. The van der Waals surface area contributed by atoms with Gasteiger partial charge in [0.25, 0.3) is 0 Å². The summed E-state index contributed by atoms with van der Waals surface area (Å²) < 4.78 is 219. The third-order valence-electron chi connectivity index (χ3n) is 5.32. The first-order valence-corrected chi connectivity index (χ1v) is 10.5. The van der Waals surface area contributed by atoms with Crippen LogP contribution in [-0.2, 0) is 0 Å². The van der Waals surface area contributed by atoms with Crippen LogP contribution in [0.15, 0.2) is 12.2 Å². The fourth-order valence-electron chi connectivity index (χ4n) is 3.00. The van der Waals surface area contributed by atoms with E-state index >= 15 is 0 Å². The van der Waals surface area contributed by atoms with Gasteiger partial charge in [0.1, 0.15) is 0 Å². The van der Waals surface area contributed by atoms with Crippen molar-refractivity contribution in [2.24, 2.45) is 0 Å². The van der Waals surface area contributed by atoms with Crippen LogP contribution in [0.1, 0.15) is 65.2 Å². The first-order chi connectivity index (χ1) is 15.9. The van der Waals surface area contributed by atoms with Gasteiger partial charge in [-0.3, -0.25) is 0 Å². The van der Waals surface area contributed by atoms with Gasteiger partial charge < -0.3 is 0 Å². The molecule has 0 nitrogen and oxygen atoms in total. The van der Waals surface area contributed by atoms with Crippen molar-refractivity contribution in [1.29, 1.82) is 0 Å². The molecule has 0 aliphatic heterocycles. The molecule has 0 saturated carbocycles. The second-order valence-corrected chi connectivity index (χ2v) is 8.15. The van der Waals surface area contributed by atoms with Crippen molar-refractivity contribution < 1.29 is 70.2 Å². The zero-order valence-electron chi connectivity index (χ0n) is 18.9. The Hall–Kier alpha value is -1.38. The first kappa shape index (κ1) is 34.6. The molecule has 16 heteroatoms. The van der Waals surface area contributed by atoms with Gasteiger partial charge in [-0.2, -0.15) is 70.2 Å². The lowest BCUT2D eigenvalue weighted by molar-refractivity contribution is -0.451. The molecular formula is C20H24F16. The summed E-state index contributed by atoms with van der Waals surface area (Å²) in [5, 5.41) is 0. The number of rotatable bonds is 16. The topological polar surface area (TPSA) is 0 Å². The minimum Gasteiger partial charge on any atom is -0.200 e. The van der Waals surface area contributed by atoms with Crippen LogP contribution in [0.25, 0.3) is 0 Å². The van der Waals surface area contributed by atoms with E-state index in [-0.39, 0.29) is 18.9 Å². The van der Waals surface area contributed by atoms with Gasteiger partial charge in [0.2, 0.25) is 0 Å². The van der Waals surface area contributed by atoms with Crippen LogP contribution in [0.3, 0.4) is 0 Å². The Morgan fingerprint density at radius 1 is 0.444 bits per heavy atom. The van der Waals surface area contributed by atoms with Crippen molar-refractivity contribution in [2.75, 3.05) is 0 Å². The summed E-state index contributed by atoms with van der Waals surface area (Å²) in [4.78, 5) is 0. The van der Waals surface area contributed by atoms with Crippen molar-refractivity contribution in [3.05, 3.63) is 12.2 Å². The van der Waals surface area contributed by atoms with E-state index in [9.17, 15) is 70.2 Å². The van der Waals surface area contributed by atoms with Crippen LogP contribution in [-0.4, -0.2) is 47.4 Å². The van der Waals surface area contributed by atoms with Gasteiger partial charge in [-0.25, -0.2) is 0 Å². The molecule has 0 bridgehead atoms. The molecule has 0 rings (SSSR count). The van der Waals surface area contributed by atoms with E-state index in [2.05, 4.69) is 0 Å². The van der Waals surface area contributed by atoms with Gasteiger partial charge in [0.15, 0.2) is 0 Å². The Bertz CT molecular complexity index is 723. The van der Waals surface area contributed by atoms with Crippen molar-refractivity contribution in [2.45, 2.75) is 113 Å². The Kier molecular flexibility index (Phi) is 10.7. The minimum atomic E-state index is -8.36. The van der Waals surface area contributed by atoms with Crippen LogP contribution in [0.2, 0.25) is 0 Å². The Labute approximate surface area is 196 Å². The molecule has 36 heavy (non-hydrogen) atoms. The van der Waals surface area contributed by atoms with Crippen molar-refractivity contribution in [3.63, 3.8) is 0 Å². The lowest BCUT2D eigenvalue weighted by atomic mass is 9.86. The highest BCUT2D eigenvalue weighted by atomic mass is 19.4. The summed E-state index contributed by atoms with van der Waals surface area (Å²) in [5.41, 5.74) is 0. The third-order valence-corrected chi connectivity index (χ3v) is 5.32. The molecule has 0 saturated heterocycles. The van der Waals surface area contributed by atoms with E-state index in [0.29, 0.717) is 26.2 Å². The Morgan fingerprint density at radius 3 is 1.17 bits per heavy atom. The highest BCUT2D eigenvalue weighted by molar-refractivity contribution is 5.18. The molecule has 0 N–H and O–H groups in total. The highest BCUT2D eigenvalue weighted by Crippen LogP contribution is 2.64. The normalized spacial score (nSPS) is 15.7. The molecule has 0 unspecified atom stereocenters. The molecule has 0 amide bonds. The fourth-order valence-corrected chi connectivity index (χ4v) is 3.00. The first-order valence-electron chi connectivity index (χ1n) is 10.5. The Morgan fingerprint density at radius 2 is 0.778 bits per heavy atom. The maximum atomic E-state index is 13.8. The lowest BCUT2D eigenvalue weighted by Gasteiger charge is -2.43. The van der Waals surface area contributed by atoms with Gasteiger partial charge in [-0.1, -0.05) is 51.5 Å². The van der Waals surface area contributed by atoms with Crippen LogP contribution < -0.4 is 0 Å². The number of hydrogen-bond donors (Lipinski definition) is 0. The van der Waals surface area contributed by atoms with E-state index in [0.717, 1.165) is 6.42 Å². The molecule has 0 aromatic heterocycles. The van der Waals surface area contributed by atoms with Gasteiger partial charge >= 0.3 is 47.4 Å². The van der Waals surface area contributed by atoms with Crippen molar-refractivity contribution >= 4 is 0 Å². The van der Waals surface area contributed by atoms with Crippen molar-refractivity contribution in [3.8, 4) is 0 Å². The summed E-state index contributed by atoms with van der Waals surface area (Å²) in [6, 6.07) is 0. The summed E-state index contributed by atoms with van der Waals surface area (Å²) in [5.74, 6) is -60.5. The van der Waals surface area contributed by atoms with E-state index < -0.39 is 66.3 Å². The lowest BCUT2D eigenvalue weighted by Crippen LogP contribution is -2.74. The second-order valence-electron chi connectivity index (χ2n) is 8.15. The largest absolute Gasteiger partial charge is 0.385 e. The van der Waals surface area contributed by atoms with E-state index in [1.54, 1.807) is 0 Å². The quantitative estimate of drug-likeness (QED) is 0.0988. The van der Waals surface area contributed by atoms with Crippen LogP contribution in [0.4, 0.5) is 70.2 Å². The molecule has 0 fully saturated rings. The zero-order chi connectivity index (χ0) is 29.1. The van der Waals surface area contributed by atoms with Crippen LogP contribution in [0, 0.1) is 0 Å². The van der Waals surface area contributed by atoms with Gasteiger partial charge in [0.05, 0.1) is 0 Å².